The Morgan fingerprint density at radius 1 is 1.08 bits per heavy atom. The molecule has 1 atom stereocenters. The first kappa shape index (κ1) is 17.3. The summed E-state index contributed by atoms with van der Waals surface area (Å²) in [7, 11) is 0. The van der Waals surface area contributed by atoms with E-state index < -0.39 is 0 Å². The van der Waals surface area contributed by atoms with Crippen LogP contribution in [0.4, 0.5) is 0 Å². The number of rotatable bonds is 3. The second-order valence-corrected chi connectivity index (χ2v) is 7.72. The molecule has 0 saturated carbocycles. The average molecular weight is 352 g/mol. The van der Waals surface area contributed by atoms with Gasteiger partial charge in [-0.15, -0.1) is 0 Å². The van der Waals surface area contributed by atoms with Crippen molar-refractivity contribution < 1.29 is 4.79 Å². The van der Waals surface area contributed by atoms with Crippen molar-refractivity contribution in [3.05, 3.63) is 54.1 Å². The van der Waals surface area contributed by atoms with Gasteiger partial charge in [0.2, 0.25) is 5.91 Å². The van der Waals surface area contributed by atoms with Crippen molar-refractivity contribution in [2.75, 3.05) is 19.6 Å². The number of carbonyl (C=O) groups excluding carboxylic acids is 1. The van der Waals surface area contributed by atoms with Gasteiger partial charge in [-0.25, -0.2) is 0 Å². The van der Waals surface area contributed by atoms with Crippen molar-refractivity contribution in [2.24, 2.45) is 5.92 Å². The Labute approximate surface area is 155 Å². The van der Waals surface area contributed by atoms with Gasteiger partial charge in [-0.05, 0) is 64.0 Å². The highest BCUT2D eigenvalue weighted by atomic mass is 16.2. The van der Waals surface area contributed by atoms with Gasteiger partial charge >= 0.3 is 0 Å². The topological polar surface area (TPSA) is 41.4 Å². The van der Waals surface area contributed by atoms with Gasteiger partial charge in [-0.2, -0.15) is 0 Å². The fourth-order valence-corrected chi connectivity index (χ4v) is 4.37. The van der Waals surface area contributed by atoms with Gasteiger partial charge in [-0.3, -0.25) is 9.78 Å². The lowest BCUT2D eigenvalue weighted by Crippen LogP contribution is -2.48. The molecule has 26 heavy (non-hydrogen) atoms. The summed E-state index contributed by atoms with van der Waals surface area (Å²) >= 11 is 0. The number of hydrogen-bond donors (Lipinski definition) is 0. The maximum Gasteiger partial charge on any atom is 0.226 e. The first-order valence-corrected chi connectivity index (χ1v) is 9.75. The summed E-state index contributed by atoms with van der Waals surface area (Å²) in [5.74, 6) is 0.439. The van der Waals surface area contributed by atoms with E-state index in [1.165, 1.54) is 5.69 Å². The Morgan fingerprint density at radius 3 is 2.58 bits per heavy atom. The van der Waals surface area contributed by atoms with Crippen molar-refractivity contribution in [1.29, 1.82) is 0 Å². The zero-order chi connectivity index (χ0) is 18.1. The summed E-state index contributed by atoms with van der Waals surface area (Å²) in [6, 6.07) is 10.7. The standard InChI is InChI=1S/C21H28N4O/c1-16(2)23-12-8-17(9-13-23)21(26)25-15-14-24-11-5-7-19(24)20(25)18-6-3-4-10-22-18/h3-7,10-11,16-17,20H,8-9,12-15H2,1-2H3/t20-/m1/s1. The fourth-order valence-electron chi connectivity index (χ4n) is 4.37. The van der Waals surface area contributed by atoms with Crippen LogP contribution in [0, 0.1) is 5.92 Å². The molecule has 2 aromatic rings. The Morgan fingerprint density at radius 2 is 1.88 bits per heavy atom. The quantitative estimate of drug-likeness (QED) is 0.853. The fraction of sp³-hybridized carbons (Fsp3) is 0.524. The van der Waals surface area contributed by atoms with E-state index in [1.807, 2.05) is 24.4 Å². The SMILES string of the molecule is CC(C)N1CCC(C(=O)N2CCn3cccc3[C@H]2c2ccccn2)CC1. The lowest BCUT2D eigenvalue weighted by molar-refractivity contribution is -0.140. The molecule has 2 aliphatic heterocycles. The molecule has 1 saturated heterocycles. The third-order valence-corrected chi connectivity index (χ3v) is 5.90. The highest BCUT2D eigenvalue weighted by Crippen LogP contribution is 2.34. The van der Waals surface area contributed by atoms with Crippen molar-refractivity contribution >= 4 is 5.91 Å². The molecule has 2 aliphatic rings. The molecule has 5 nitrogen and oxygen atoms in total. The van der Waals surface area contributed by atoms with E-state index >= 15 is 0 Å². The molecule has 0 unspecified atom stereocenters. The number of pyridine rings is 1. The minimum atomic E-state index is -0.0735. The zero-order valence-corrected chi connectivity index (χ0v) is 15.7. The van der Waals surface area contributed by atoms with Crippen LogP contribution in [0.2, 0.25) is 0 Å². The number of amides is 1. The third kappa shape index (κ3) is 3.16. The predicted molar refractivity (Wildman–Crippen MR) is 102 cm³/mol. The van der Waals surface area contributed by atoms with Crippen LogP contribution in [0.15, 0.2) is 42.7 Å². The summed E-state index contributed by atoms with van der Waals surface area (Å²) in [6.07, 6.45) is 5.85. The summed E-state index contributed by atoms with van der Waals surface area (Å²) in [4.78, 5) is 22.5. The van der Waals surface area contributed by atoms with E-state index in [1.54, 1.807) is 0 Å². The molecule has 4 heterocycles. The summed E-state index contributed by atoms with van der Waals surface area (Å²) in [5, 5.41) is 0. The van der Waals surface area contributed by atoms with E-state index in [9.17, 15) is 4.79 Å². The molecule has 0 radical (unpaired) electrons. The first-order chi connectivity index (χ1) is 12.6. The average Bonchev–Trinajstić information content (AvgIpc) is 3.16. The number of piperidine rings is 1. The molecular formula is C21H28N4O. The second-order valence-electron chi connectivity index (χ2n) is 7.72. The minimum absolute atomic E-state index is 0.0735. The van der Waals surface area contributed by atoms with Crippen LogP contribution in [0.25, 0.3) is 0 Å². The van der Waals surface area contributed by atoms with Crippen LogP contribution in [0.1, 0.15) is 44.1 Å². The lowest BCUT2D eigenvalue weighted by atomic mass is 9.92. The van der Waals surface area contributed by atoms with Gasteiger partial charge in [0.1, 0.15) is 6.04 Å². The van der Waals surface area contributed by atoms with Gasteiger partial charge in [0.25, 0.3) is 0 Å². The van der Waals surface area contributed by atoms with Crippen LogP contribution >= 0.6 is 0 Å². The number of aromatic nitrogens is 2. The van der Waals surface area contributed by atoms with Gasteiger partial charge in [0.05, 0.1) is 5.69 Å². The second kappa shape index (κ2) is 7.23. The van der Waals surface area contributed by atoms with Gasteiger partial charge < -0.3 is 14.4 Å². The normalized spacial score (nSPS) is 21.8. The molecule has 138 valence electrons. The predicted octanol–water partition coefficient (Wildman–Crippen LogP) is 2.94. The molecule has 2 aromatic heterocycles. The summed E-state index contributed by atoms with van der Waals surface area (Å²) in [5.41, 5.74) is 2.13. The minimum Gasteiger partial charge on any atom is -0.347 e. The Bertz CT molecular complexity index is 746. The number of hydrogen-bond acceptors (Lipinski definition) is 3. The molecule has 0 spiro atoms. The monoisotopic (exact) mass is 352 g/mol. The van der Waals surface area contributed by atoms with Gasteiger partial charge in [0.15, 0.2) is 0 Å². The van der Waals surface area contributed by atoms with Crippen molar-refractivity contribution in [3.63, 3.8) is 0 Å². The van der Waals surface area contributed by atoms with E-state index in [4.69, 9.17) is 0 Å². The van der Waals surface area contributed by atoms with E-state index in [0.29, 0.717) is 11.9 Å². The smallest absolute Gasteiger partial charge is 0.226 e. The Balaban J connectivity index is 1.58. The van der Waals surface area contributed by atoms with Crippen LogP contribution in [-0.2, 0) is 11.3 Å². The lowest BCUT2D eigenvalue weighted by Gasteiger charge is -2.41. The molecule has 4 rings (SSSR count). The van der Waals surface area contributed by atoms with Gasteiger partial charge in [0, 0.05) is 43.1 Å². The van der Waals surface area contributed by atoms with Crippen molar-refractivity contribution in [1.82, 2.24) is 19.4 Å². The Hall–Kier alpha value is -2.14. The number of fused-ring (bicyclic) bond motifs is 1. The Kier molecular flexibility index (Phi) is 4.81. The molecule has 0 bridgehead atoms. The number of nitrogens with zero attached hydrogens (tertiary/aromatic N) is 4. The maximum atomic E-state index is 13.4. The highest BCUT2D eigenvalue weighted by Gasteiger charge is 2.37. The third-order valence-electron chi connectivity index (χ3n) is 5.90. The molecular weight excluding hydrogens is 324 g/mol. The van der Waals surface area contributed by atoms with Gasteiger partial charge in [-0.1, -0.05) is 6.07 Å². The summed E-state index contributed by atoms with van der Waals surface area (Å²) < 4.78 is 2.25. The van der Waals surface area contributed by atoms with E-state index in [2.05, 4.69) is 51.5 Å². The van der Waals surface area contributed by atoms with E-state index in [0.717, 1.165) is 44.7 Å². The first-order valence-electron chi connectivity index (χ1n) is 9.75. The van der Waals surface area contributed by atoms with Crippen LogP contribution < -0.4 is 0 Å². The zero-order valence-electron chi connectivity index (χ0n) is 15.7. The van der Waals surface area contributed by atoms with Crippen LogP contribution in [0.5, 0.6) is 0 Å². The number of carbonyl (C=O) groups is 1. The van der Waals surface area contributed by atoms with Crippen molar-refractivity contribution in [2.45, 2.75) is 45.3 Å². The molecule has 0 aliphatic carbocycles. The molecule has 1 fully saturated rings. The van der Waals surface area contributed by atoms with Crippen molar-refractivity contribution in [3.8, 4) is 0 Å². The van der Waals surface area contributed by atoms with Crippen LogP contribution in [-0.4, -0.2) is 50.9 Å². The molecule has 5 heteroatoms. The highest BCUT2D eigenvalue weighted by molar-refractivity contribution is 5.80. The summed E-state index contributed by atoms with van der Waals surface area (Å²) in [6.45, 7) is 8.13. The van der Waals surface area contributed by atoms with E-state index in [-0.39, 0.29) is 12.0 Å². The molecule has 0 aromatic carbocycles. The largest absolute Gasteiger partial charge is 0.347 e. The van der Waals surface area contributed by atoms with Crippen LogP contribution in [0.3, 0.4) is 0 Å². The molecule has 1 amide bonds. The molecule has 0 N–H and O–H groups in total. The number of likely N-dealkylation sites (tertiary alicyclic amines) is 1. The maximum absolute atomic E-state index is 13.4.